The van der Waals surface area contributed by atoms with Gasteiger partial charge in [0.05, 0.1) is 5.56 Å². The topological polar surface area (TPSA) is 58.4 Å². The van der Waals surface area contributed by atoms with Crippen LogP contribution in [0.25, 0.3) is 0 Å². The molecule has 4 nitrogen and oxygen atoms in total. The maximum absolute atomic E-state index is 13.5. The highest BCUT2D eigenvalue weighted by atomic mass is 19.1. The van der Waals surface area contributed by atoms with E-state index in [-0.39, 0.29) is 11.5 Å². The van der Waals surface area contributed by atoms with E-state index in [0.717, 1.165) is 26.1 Å². The second-order valence-corrected chi connectivity index (χ2v) is 4.90. The van der Waals surface area contributed by atoms with Gasteiger partial charge in [0, 0.05) is 12.2 Å². The highest BCUT2D eigenvalue weighted by Gasteiger charge is 2.13. The minimum atomic E-state index is -0.572. The fraction of sp³-hybridized carbons (Fsp3) is 0.500. The van der Waals surface area contributed by atoms with Gasteiger partial charge in [-0.2, -0.15) is 0 Å². The molecule has 0 aliphatic carbocycles. The van der Waals surface area contributed by atoms with Crippen LogP contribution in [0.3, 0.4) is 0 Å². The van der Waals surface area contributed by atoms with Crippen molar-refractivity contribution in [1.29, 1.82) is 0 Å². The van der Waals surface area contributed by atoms with Gasteiger partial charge in [-0.05, 0) is 57.1 Å². The number of nitrogen functional groups attached to an aromatic ring is 1. The molecule has 1 amide bonds. The number of hydrogen-bond acceptors (Lipinski definition) is 3. The standard InChI is InChI=1S/C14H20FN3O/c15-13-10-11(16)4-5-12(13)14(19)17-6-3-9-18-7-1-2-8-18/h4-5,10H,1-3,6-9,16H2,(H,17,19). The normalized spacial score (nSPS) is 15.6. The van der Waals surface area contributed by atoms with Crippen molar-refractivity contribution in [1.82, 2.24) is 10.2 Å². The lowest BCUT2D eigenvalue weighted by Gasteiger charge is -2.14. The van der Waals surface area contributed by atoms with E-state index < -0.39 is 5.82 Å². The smallest absolute Gasteiger partial charge is 0.254 e. The third kappa shape index (κ3) is 3.92. The van der Waals surface area contributed by atoms with Gasteiger partial charge in [-0.1, -0.05) is 0 Å². The largest absolute Gasteiger partial charge is 0.399 e. The molecule has 104 valence electrons. The van der Waals surface area contributed by atoms with E-state index in [1.165, 1.54) is 31.0 Å². The Morgan fingerprint density at radius 2 is 2.11 bits per heavy atom. The molecule has 0 spiro atoms. The van der Waals surface area contributed by atoms with Crippen LogP contribution in [0, 0.1) is 5.82 Å². The Kier molecular flexibility index (Phi) is 4.74. The van der Waals surface area contributed by atoms with Crippen molar-refractivity contribution < 1.29 is 9.18 Å². The SMILES string of the molecule is Nc1ccc(C(=O)NCCCN2CCCC2)c(F)c1. The highest BCUT2D eigenvalue weighted by molar-refractivity contribution is 5.94. The van der Waals surface area contributed by atoms with E-state index in [0.29, 0.717) is 12.2 Å². The Labute approximate surface area is 112 Å². The monoisotopic (exact) mass is 265 g/mol. The third-order valence-electron chi connectivity index (χ3n) is 3.37. The molecule has 1 fully saturated rings. The van der Waals surface area contributed by atoms with Crippen LogP contribution in [0.4, 0.5) is 10.1 Å². The van der Waals surface area contributed by atoms with Crippen LogP contribution < -0.4 is 11.1 Å². The number of anilines is 1. The number of hydrogen-bond donors (Lipinski definition) is 2. The maximum Gasteiger partial charge on any atom is 0.254 e. The Hall–Kier alpha value is -1.62. The Morgan fingerprint density at radius 1 is 1.37 bits per heavy atom. The quantitative estimate of drug-likeness (QED) is 0.628. The summed E-state index contributed by atoms with van der Waals surface area (Å²) in [5, 5.41) is 2.74. The summed E-state index contributed by atoms with van der Waals surface area (Å²) in [5.41, 5.74) is 5.82. The van der Waals surface area contributed by atoms with Gasteiger partial charge in [-0.15, -0.1) is 0 Å². The molecule has 1 aromatic rings. The number of carbonyl (C=O) groups excluding carboxylic acids is 1. The van der Waals surface area contributed by atoms with Crippen molar-refractivity contribution in [3.8, 4) is 0 Å². The van der Waals surface area contributed by atoms with Crippen molar-refractivity contribution in [2.24, 2.45) is 0 Å². The van der Waals surface area contributed by atoms with Crippen molar-refractivity contribution in [3.63, 3.8) is 0 Å². The summed E-state index contributed by atoms with van der Waals surface area (Å²) < 4.78 is 13.5. The molecule has 0 aromatic heterocycles. The Balaban J connectivity index is 1.74. The minimum Gasteiger partial charge on any atom is -0.399 e. The second-order valence-electron chi connectivity index (χ2n) is 4.90. The second kappa shape index (κ2) is 6.52. The van der Waals surface area contributed by atoms with Gasteiger partial charge in [0.1, 0.15) is 5.82 Å². The zero-order chi connectivity index (χ0) is 13.7. The summed E-state index contributed by atoms with van der Waals surface area (Å²) in [6.07, 6.45) is 3.42. The number of likely N-dealkylation sites (tertiary alicyclic amines) is 1. The van der Waals surface area contributed by atoms with E-state index in [2.05, 4.69) is 10.2 Å². The maximum atomic E-state index is 13.5. The summed E-state index contributed by atoms with van der Waals surface area (Å²) in [6.45, 7) is 3.87. The molecule has 2 rings (SSSR count). The first-order valence-corrected chi connectivity index (χ1v) is 6.72. The van der Waals surface area contributed by atoms with Crippen molar-refractivity contribution >= 4 is 11.6 Å². The number of benzene rings is 1. The molecule has 0 atom stereocenters. The average Bonchev–Trinajstić information content (AvgIpc) is 2.87. The van der Waals surface area contributed by atoms with E-state index in [1.54, 1.807) is 0 Å². The molecule has 3 N–H and O–H groups in total. The van der Waals surface area contributed by atoms with E-state index in [9.17, 15) is 9.18 Å². The van der Waals surface area contributed by atoms with Gasteiger partial charge in [0.25, 0.3) is 5.91 Å². The van der Waals surface area contributed by atoms with Gasteiger partial charge in [-0.25, -0.2) is 4.39 Å². The molecule has 1 aliphatic heterocycles. The highest BCUT2D eigenvalue weighted by Crippen LogP contribution is 2.11. The minimum absolute atomic E-state index is 0.0513. The molecule has 19 heavy (non-hydrogen) atoms. The van der Waals surface area contributed by atoms with E-state index in [4.69, 9.17) is 5.73 Å². The summed E-state index contributed by atoms with van der Waals surface area (Å²) in [5.74, 6) is -0.948. The molecule has 0 bridgehead atoms. The fourth-order valence-electron chi connectivity index (χ4n) is 2.32. The number of rotatable bonds is 5. The lowest BCUT2D eigenvalue weighted by molar-refractivity contribution is 0.0948. The van der Waals surface area contributed by atoms with Gasteiger partial charge >= 0.3 is 0 Å². The number of nitrogens with two attached hydrogens (primary N) is 1. The Bertz CT molecular complexity index is 444. The first-order chi connectivity index (χ1) is 9.16. The zero-order valence-corrected chi connectivity index (χ0v) is 11.0. The zero-order valence-electron chi connectivity index (χ0n) is 11.0. The molecule has 0 radical (unpaired) electrons. The molecule has 1 heterocycles. The van der Waals surface area contributed by atoms with Crippen molar-refractivity contribution in [3.05, 3.63) is 29.6 Å². The summed E-state index contributed by atoms with van der Waals surface area (Å²) in [6, 6.07) is 4.11. The molecule has 5 heteroatoms. The van der Waals surface area contributed by atoms with Crippen molar-refractivity contribution in [2.45, 2.75) is 19.3 Å². The molecule has 1 aliphatic rings. The van der Waals surface area contributed by atoms with Gasteiger partial charge in [0.15, 0.2) is 0 Å². The number of carbonyl (C=O) groups is 1. The van der Waals surface area contributed by atoms with Gasteiger partial charge < -0.3 is 16.0 Å². The van der Waals surface area contributed by atoms with Gasteiger partial charge in [-0.3, -0.25) is 4.79 Å². The Morgan fingerprint density at radius 3 is 2.79 bits per heavy atom. The van der Waals surface area contributed by atoms with Crippen LogP contribution in [-0.2, 0) is 0 Å². The van der Waals surface area contributed by atoms with Crippen LogP contribution >= 0.6 is 0 Å². The summed E-state index contributed by atoms with van der Waals surface area (Å²) in [7, 11) is 0. The van der Waals surface area contributed by atoms with Crippen LogP contribution in [0.15, 0.2) is 18.2 Å². The first kappa shape index (κ1) is 13.8. The fourth-order valence-corrected chi connectivity index (χ4v) is 2.32. The first-order valence-electron chi connectivity index (χ1n) is 6.72. The predicted octanol–water partition coefficient (Wildman–Crippen LogP) is 1.62. The third-order valence-corrected chi connectivity index (χ3v) is 3.37. The lowest BCUT2D eigenvalue weighted by Crippen LogP contribution is -2.29. The lowest BCUT2D eigenvalue weighted by atomic mass is 10.2. The number of nitrogens with zero attached hydrogens (tertiary/aromatic N) is 1. The van der Waals surface area contributed by atoms with E-state index >= 15 is 0 Å². The molecular weight excluding hydrogens is 245 g/mol. The number of nitrogens with one attached hydrogen (secondary N) is 1. The van der Waals surface area contributed by atoms with Crippen LogP contribution in [0.2, 0.25) is 0 Å². The van der Waals surface area contributed by atoms with Crippen LogP contribution in [0.5, 0.6) is 0 Å². The van der Waals surface area contributed by atoms with Crippen molar-refractivity contribution in [2.75, 3.05) is 31.9 Å². The molecule has 1 aromatic carbocycles. The summed E-state index contributed by atoms with van der Waals surface area (Å²) >= 11 is 0. The van der Waals surface area contributed by atoms with Crippen LogP contribution in [-0.4, -0.2) is 37.0 Å². The van der Waals surface area contributed by atoms with E-state index in [1.807, 2.05) is 0 Å². The van der Waals surface area contributed by atoms with Gasteiger partial charge in [0.2, 0.25) is 0 Å². The summed E-state index contributed by atoms with van der Waals surface area (Å²) in [4.78, 5) is 14.2. The molecular formula is C14H20FN3O. The van der Waals surface area contributed by atoms with Crippen LogP contribution in [0.1, 0.15) is 29.6 Å². The average molecular weight is 265 g/mol. The molecule has 1 saturated heterocycles. The molecule has 0 unspecified atom stereocenters. The molecule has 0 saturated carbocycles. The number of halogens is 1. The predicted molar refractivity (Wildman–Crippen MR) is 73.4 cm³/mol. The number of amides is 1.